The van der Waals surface area contributed by atoms with Crippen molar-refractivity contribution >= 4 is 17.8 Å². The Hall–Kier alpha value is -0.710. The van der Waals surface area contributed by atoms with E-state index in [2.05, 4.69) is 0 Å². The van der Waals surface area contributed by atoms with Gasteiger partial charge >= 0.3 is 17.8 Å². The maximum absolute atomic E-state index is 11.7. The van der Waals surface area contributed by atoms with Gasteiger partial charge < -0.3 is 9.64 Å². The largest absolute Gasteiger partial charge is 0.464 e. The molecule has 0 spiro atoms. The molecule has 1 amide bonds. The Labute approximate surface area is 107 Å². The molecule has 1 rings (SSSR count). The molecule has 0 unspecified atom stereocenters. The first-order valence-corrected chi connectivity index (χ1v) is 6.66. The summed E-state index contributed by atoms with van der Waals surface area (Å²) < 4.78 is 15.9. The lowest BCUT2D eigenvalue weighted by Crippen LogP contribution is -2.53. The van der Waals surface area contributed by atoms with Crippen LogP contribution in [0.25, 0.3) is 0 Å². The Balaban J connectivity index is 2.32. The van der Waals surface area contributed by atoms with Gasteiger partial charge in [0.15, 0.2) is 0 Å². The van der Waals surface area contributed by atoms with Gasteiger partial charge in [-0.2, -0.15) is 0 Å². The SMILES string of the molecule is CC(C)(C)OC(=O)N1CC(CC(C)(C)[S+]=O)C1. The van der Waals surface area contributed by atoms with Gasteiger partial charge in [0, 0.05) is 29.6 Å². The number of likely N-dealkylation sites (tertiary alicyclic amines) is 1. The van der Waals surface area contributed by atoms with E-state index in [0.717, 1.165) is 6.42 Å². The Morgan fingerprint density at radius 1 is 1.29 bits per heavy atom. The summed E-state index contributed by atoms with van der Waals surface area (Å²) in [4.78, 5) is 13.4. The normalized spacial score (nSPS) is 17.6. The summed E-state index contributed by atoms with van der Waals surface area (Å²) in [5.41, 5.74) is -0.438. The number of nitrogens with zero attached hydrogens (tertiary/aromatic N) is 1. The molecule has 0 atom stereocenters. The van der Waals surface area contributed by atoms with E-state index < -0.39 is 5.60 Å². The Bertz CT molecular complexity index is 303. The summed E-state index contributed by atoms with van der Waals surface area (Å²) in [6, 6.07) is 0. The fourth-order valence-electron chi connectivity index (χ4n) is 1.90. The van der Waals surface area contributed by atoms with Crippen molar-refractivity contribution in [3.8, 4) is 0 Å². The third kappa shape index (κ3) is 4.58. The van der Waals surface area contributed by atoms with E-state index in [0.29, 0.717) is 30.7 Å². The maximum Gasteiger partial charge on any atom is 0.464 e. The number of rotatable bonds is 3. The first-order valence-electron chi connectivity index (χ1n) is 5.92. The van der Waals surface area contributed by atoms with Gasteiger partial charge in [-0.25, -0.2) is 4.79 Å². The molecule has 0 aromatic carbocycles. The Morgan fingerprint density at radius 3 is 2.24 bits per heavy atom. The molecule has 17 heavy (non-hydrogen) atoms. The minimum absolute atomic E-state index is 0.245. The van der Waals surface area contributed by atoms with E-state index in [1.807, 2.05) is 34.6 Å². The average molecular weight is 260 g/mol. The monoisotopic (exact) mass is 260 g/mol. The summed E-state index contributed by atoms with van der Waals surface area (Å²) >= 11 is 0.640. The van der Waals surface area contributed by atoms with Crippen LogP contribution in [0, 0.1) is 5.92 Å². The zero-order chi connectivity index (χ0) is 13.3. The predicted octanol–water partition coefficient (Wildman–Crippen LogP) is 2.45. The van der Waals surface area contributed by atoms with Crippen LogP contribution in [0.15, 0.2) is 0 Å². The average Bonchev–Trinajstić information content (AvgIpc) is 2.07. The standard InChI is InChI=1S/C12H22NO3S/c1-11(2,3)16-10(14)13-7-9(8-13)6-12(4,5)17-15/h9H,6-8H2,1-5H3/q+1. The van der Waals surface area contributed by atoms with Gasteiger partial charge in [0.05, 0.1) is 0 Å². The summed E-state index contributed by atoms with van der Waals surface area (Å²) in [6.07, 6.45) is 0.599. The van der Waals surface area contributed by atoms with E-state index in [-0.39, 0.29) is 10.8 Å². The van der Waals surface area contributed by atoms with Crippen molar-refractivity contribution in [3.63, 3.8) is 0 Å². The summed E-state index contributed by atoms with van der Waals surface area (Å²) in [6.45, 7) is 10.9. The minimum Gasteiger partial charge on any atom is -0.444 e. The molecule has 98 valence electrons. The molecule has 1 heterocycles. The molecule has 1 aliphatic heterocycles. The van der Waals surface area contributed by atoms with Gasteiger partial charge in [-0.05, 0) is 34.6 Å². The van der Waals surface area contributed by atoms with E-state index >= 15 is 0 Å². The fraction of sp³-hybridized carbons (Fsp3) is 0.917. The molecule has 0 aliphatic carbocycles. The zero-order valence-electron chi connectivity index (χ0n) is 11.3. The smallest absolute Gasteiger partial charge is 0.444 e. The highest BCUT2D eigenvalue weighted by Crippen LogP contribution is 2.27. The minimum atomic E-state index is -0.438. The van der Waals surface area contributed by atoms with Crippen LogP contribution in [0.2, 0.25) is 0 Å². The van der Waals surface area contributed by atoms with Crippen LogP contribution in [-0.4, -0.2) is 34.4 Å². The topological polar surface area (TPSA) is 46.6 Å². The van der Waals surface area contributed by atoms with E-state index in [4.69, 9.17) is 4.74 Å². The maximum atomic E-state index is 11.7. The number of carbonyl (C=O) groups excluding carboxylic acids is 1. The molecule has 1 fully saturated rings. The van der Waals surface area contributed by atoms with Crippen LogP contribution < -0.4 is 0 Å². The molecule has 0 aromatic heterocycles. The number of ether oxygens (including phenoxy) is 1. The van der Waals surface area contributed by atoms with Crippen LogP contribution in [0.4, 0.5) is 4.79 Å². The van der Waals surface area contributed by atoms with Crippen molar-refractivity contribution in [2.24, 2.45) is 5.92 Å². The third-order valence-corrected chi connectivity index (χ3v) is 3.23. The molecule has 0 saturated carbocycles. The van der Waals surface area contributed by atoms with Crippen molar-refractivity contribution < 1.29 is 13.7 Å². The molecule has 4 nitrogen and oxygen atoms in total. The molecule has 1 saturated heterocycles. The van der Waals surface area contributed by atoms with Crippen LogP contribution in [-0.2, 0) is 20.6 Å². The number of amides is 1. The van der Waals surface area contributed by atoms with Crippen LogP contribution in [0.3, 0.4) is 0 Å². The number of hydrogen-bond donors (Lipinski definition) is 0. The fourth-order valence-corrected chi connectivity index (χ4v) is 2.21. The van der Waals surface area contributed by atoms with Crippen molar-refractivity contribution in [2.75, 3.05) is 13.1 Å². The molecule has 5 heteroatoms. The lowest BCUT2D eigenvalue weighted by Gasteiger charge is -2.40. The Kier molecular flexibility index (Phi) is 4.12. The lowest BCUT2D eigenvalue weighted by molar-refractivity contribution is -0.00318. The van der Waals surface area contributed by atoms with Gasteiger partial charge in [-0.15, -0.1) is 0 Å². The second kappa shape index (κ2) is 4.88. The lowest BCUT2D eigenvalue weighted by atomic mass is 9.90. The van der Waals surface area contributed by atoms with Crippen molar-refractivity contribution in [3.05, 3.63) is 0 Å². The highest BCUT2D eigenvalue weighted by molar-refractivity contribution is 7.67. The van der Waals surface area contributed by atoms with E-state index in [1.54, 1.807) is 4.90 Å². The second-order valence-electron chi connectivity index (χ2n) is 6.30. The van der Waals surface area contributed by atoms with E-state index in [1.165, 1.54) is 0 Å². The summed E-state index contributed by atoms with van der Waals surface area (Å²) in [7, 11) is 0. The summed E-state index contributed by atoms with van der Waals surface area (Å²) in [5.74, 6) is 0.430. The first-order chi connectivity index (χ1) is 7.63. The van der Waals surface area contributed by atoms with Gasteiger partial charge in [0.2, 0.25) is 4.75 Å². The summed E-state index contributed by atoms with van der Waals surface area (Å²) in [5, 5.41) is 0. The predicted molar refractivity (Wildman–Crippen MR) is 68.0 cm³/mol. The van der Waals surface area contributed by atoms with Crippen LogP contribution >= 0.6 is 0 Å². The van der Waals surface area contributed by atoms with Crippen molar-refractivity contribution in [2.45, 2.75) is 51.4 Å². The quantitative estimate of drug-likeness (QED) is 0.732. The van der Waals surface area contributed by atoms with Crippen molar-refractivity contribution in [1.29, 1.82) is 0 Å². The van der Waals surface area contributed by atoms with Crippen molar-refractivity contribution in [1.82, 2.24) is 4.90 Å². The first kappa shape index (κ1) is 14.4. The van der Waals surface area contributed by atoms with Crippen LogP contribution in [0.5, 0.6) is 0 Å². The number of hydrogen-bond acceptors (Lipinski definition) is 3. The van der Waals surface area contributed by atoms with Gasteiger partial charge in [-0.1, -0.05) is 0 Å². The second-order valence-corrected chi connectivity index (χ2v) is 7.57. The molecule has 0 N–H and O–H groups in total. The molecular formula is C12H22NO3S+. The number of carbonyl (C=O) groups is 1. The van der Waals surface area contributed by atoms with E-state index in [9.17, 15) is 9.00 Å². The van der Waals surface area contributed by atoms with Gasteiger partial charge in [-0.3, -0.25) is 0 Å². The molecule has 0 bridgehead atoms. The van der Waals surface area contributed by atoms with Crippen LogP contribution in [0.1, 0.15) is 41.0 Å². The third-order valence-electron chi connectivity index (χ3n) is 2.61. The Morgan fingerprint density at radius 2 is 1.82 bits per heavy atom. The highest BCUT2D eigenvalue weighted by atomic mass is 32.1. The van der Waals surface area contributed by atoms with Gasteiger partial charge in [0.1, 0.15) is 5.60 Å². The van der Waals surface area contributed by atoms with Gasteiger partial charge in [0.25, 0.3) is 0 Å². The molecule has 0 aromatic rings. The zero-order valence-corrected chi connectivity index (χ0v) is 12.1. The highest BCUT2D eigenvalue weighted by Gasteiger charge is 2.42. The molecule has 1 aliphatic rings. The molecule has 0 radical (unpaired) electrons. The molecular weight excluding hydrogens is 238 g/mol.